The molecule has 0 saturated heterocycles. The van der Waals surface area contributed by atoms with Crippen molar-refractivity contribution in [2.24, 2.45) is 0 Å². The van der Waals surface area contributed by atoms with E-state index < -0.39 is 11.5 Å². The molecule has 4 rings (SSSR count). The third kappa shape index (κ3) is 3.89. The molecule has 7 heteroatoms. The number of carbonyl (C=O) groups excluding carboxylic acids is 2. The summed E-state index contributed by atoms with van der Waals surface area (Å²) in [4.78, 5) is 27.9. The van der Waals surface area contributed by atoms with Gasteiger partial charge in [0.15, 0.2) is 22.9 Å². The number of hydrogen-bond donors (Lipinski definition) is 1. The van der Waals surface area contributed by atoms with Gasteiger partial charge in [-0.2, -0.15) is 0 Å². The Hall–Kier alpha value is -3.16. The molecule has 0 spiro atoms. The van der Waals surface area contributed by atoms with Gasteiger partial charge >= 0.3 is 0 Å². The fourth-order valence-electron chi connectivity index (χ4n) is 3.97. The lowest BCUT2D eigenvalue weighted by Crippen LogP contribution is -2.41. The van der Waals surface area contributed by atoms with Crippen LogP contribution in [0, 0.1) is 0 Å². The Morgan fingerprint density at radius 1 is 1.00 bits per heavy atom. The minimum Gasteiger partial charge on any atom is -0.493 e. The molecule has 32 heavy (non-hydrogen) atoms. The second-order valence-corrected chi connectivity index (χ2v) is 8.48. The van der Waals surface area contributed by atoms with Crippen molar-refractivity contribution < 1.29 is 24.2 Å². The zero-order valence-electron chi connectivity index (χ0n) is 17.7. The van der Waals surface area contributed by atoms with Crippen LogP contribution in [0.3, 0.4) is 0 Å². The van der Waals surface area contributed by atoms with Crippen LogP contribution in [0.1, 0.15) is 27.9 Å². The molecule has 164 valence electrons. The van der Waals surface area contributed by atoms with Crippen LogP contribution in [0.25, 0.3) is 0 Å². The molecule has 0 aromatic heterocycles. The molecule has 0 saturated carbocycles. The molecule has 1 heterocycles. The van der Waals surface area contributed by atoms with Crippen LogP contribution in [0.15, 0.2) is 71.2 Å². The van der Waals surface area contributed by atoms with E-state index in [0.29, 0.717) is 32.8 Å². The summed E-state index contributed by atoms with van der Waals surface area (Å²) in [6.07, 6.45) is -0.346. The van der Waals surface area contributed by atoms with E-state index in [9.17, 15) is 14.7 Å². The normalized spacial score (nSPS) is 17.2. The molecular weight excluding hydrogens is 474 g/mol. The van der Waals surface area contributed by atoms with Gasteiger partial charge in [0.25, 0.3) is 5.91 Å². The Morgan fingerprint density at radius 2 is 1.72 bits per heavy atom. The second kappa shape index (κ2) is 8.76. The second-order valence-electron chi connectivity index (χ2n) is 7.57. The van der Waals surface area contributed by atoms with Crippen LogP contribution in [0.2, 0.25) is 0 Å². The molecular formula is C25H22BrNO5. The number of benzene rings is 3. The zero-order valence-corrected chi connectivity index (χ0v) is 19.3. The number of anilines is 1. The molecule has 1 aliphatic heterocycles. The number of ketones is 1. The van der Waals surface area contributed by atoms with Gasteiger partial charge in [0.05, 0.1) is 32.9 Å². The minimum atomic E-state index is -1.96. The maximum Gasteiger partial charge on any atom is 0.264 e. The number of hydrogen-bond acceptors (Lipinski definition) is 5. The van der Waals surface area contributed by atoms with Crippen molar-refractivity contribution in [3.05, 3.63) is 87.9 Å². The van der Waals surface area contributed by atoms with E-state index in [2.05, 4.69) is 15.9 Å². The third-order valence-corrected chi connectivity index (χ3v) is 6.09. The van der Waals surface area contributed by atoms with Crippen molar-refractivity contribution in [1.82, 2.24) is 0 Å². The van der Waals surface area contributed by atoms with Crippen LogP contribution in [-0.2, 0) is 16.9 Å². The molecule has 1 aliphatic rings. The highest BCUT2D eigenvalue weighted by atomic mass is 79.9. The fraction of sp³-hybridized carbons (Fsp3) is 0.200. The summed E-state index contributed by atoms with van der Waals surface area (Å²) in [5.74, 6) is 0.283. The standard InChI is InChI=1S/C25H22BrNO5/c1-31-22-11-8-16(12-23(22)32-2)15-27-20-10-9-18(26)13-19(20)25(30,24(27)29)14-21(28)17-6-4-3-5-7-17/h3-13,30H,14-15H2,1-2H3. The van der Waals surface area contributed by atoms with Gasteiger partial charge in [0, 0.05) is 15.6 Å². The molecule has 1 atom stereocenters. The number of halogens is 1. The van der Waals surface area contributed by atoms with Gasteiger partial charge < -0.3 is 19.5 Å². The van der Waals surface area contributed by atoms with Crippen LogP contribution in [-0.4, -0.2) is 31.0 Å². The molecule has 1 amide bonds. The van der Waals surface area contributed by atoms with Gasteiger partial charge in [-0.15, -0.1) is 0 Å². The van der Waals surface area contributed by atoms with E-state index in [1.165, 1.54) is 4.90 Å². The highest BCUT2D eigenvalue weighted by Gasteiger charge is 2.51. The molecule has 0 bridgehead atoms. The average Bonchev–Trinajstić information content (AvgIpc) is 3.00. The van der Waals surface area contributed by atoms with Crippen LogP contribution in [0.5, 0.6) is 11.5 Å². The first-order valence-corrected chi connectivity index (χ1v) is 10.8. The van der Waals surface area contributed by atoms with E-state index in [4.69, 9.17) is 9.47 Å². The number of rotatable bonds is 7. The van der Waals surface area contributed by atoms with E-state index in [0.717, 1.165) is 5.56 Å². The summed E-state index contributed by atoms with van der Waals surface area (Å²) in [6, 6.07) is 19.3. The summed E-state index contributed by atoms with van der Waals surface area (Å²) < 4.78 is 11.4. The molecule has 3 aromatic rings. The molecule has 0 aliphatic carbocycles. The van der Waals surface area contributed by atoms with Crippen molar-refractivity contribution in [2.45, 2.75) is 18.6 Å². The number of methoxy groups -OCH3 is 2. The Morgan fingerprint density at radius 3 is 2.41 bits per heavy atom. The van der Waals surface area contributed by atoms with Crippen LogP contribution >= 0.6 is 15.9 Å². The van der Waals surface area contributed by atoms with E-state index in [-0.39, 0.29) is 18.7 Å². The summed E-state index contributed by atoms with van der Waals surface area (Å²) in [5.41, 5.74) is 0.257. The first-order chi connectivity index (χ1) is 15.4. The van der Waals surface area contributed by atoms with Gasteiger partial charge in [0.2, 0.25) is 0 Å². The number of ether oxygens (including phenoxy) is 2. The predicted octanol–water partition coefficient (Wildman–Crippen LogP) is 4.47. The molecule has 1 unspecified atom stereocenters. The lowest BCUT2D eigenvalue weighted by atomic mass is 9.88. The molecule has 6 nitrogen and oxygen atoms in total. The number of fused-ring (bicyclic) bond motifs is 1. The fourth-order valence-corrected chi connectivity index (χ4v) is 4.33. The molecule has 0 fully saturated rings. The number of Topliss-reactive ketones (excluding diaryl/α,β-unsaturated/α-hetero) is 1. The van der Waals surface area contributed by atoms with E-state index in [1.54, 1.807) is 68.8 Å². The average molecular weight is 496 g/mol. The highest BCUT2D eigenvalue weighted by molar-refractivity contribution is 9.10. The van der Waals surface area contributed by atoms with E-state index >= 15 is 0 Å². The van der Waals surface area contributed by atoms with Gasteiger partial charge in [-0.25, -0.2) is 0 Å². The largest absolute Gasteiger partial charge is 0.493 e. The molecule has 1 N–H and O–H groups in total. The van der Waals surface area contributed by atoms with E-state index in [1.807, 2.05) is 12.1 Å². The van der Waals surface area contributed by atoms with Crippen molar-refractivity contribution in [3.63, 3.8) is 0 Å². The Labute approximate surface area is 194 Å². The minimum absolute atomic E-state index is 0.204. The maximum atomic E-state index is 13.5. The van der Waals surface area contributed by atoms with Gasteiger partial charge in [-0.3, -0.25) is 9.59 Å². The number of nitrogens with zero attached hydrogens (tertiary/aromatic N) is 1. The van der Waals surface area contributed by atoms with Crippen molar-refractivity contribution >= 4 is 33.3 Å². The summed E-state index contributed by atoms with van der Waals surface area (Å²) in [7, 11) is 3.10. The quantitative estimate of drug-likeness (QED) is 0.489. The van der Waals surface area contributed by atoms with Crippen molar-refractivity contribution in [2.75, 3.05) is 19.1 Å². The van der Waals surface area contributed by atoms with Crippen molar-refractivity contribution in [1.29, 1.82) is 0 Å². The van der Waals surface area contributed by atoms with Crippen LogP contribution < -0.4 is 14.4 Å². The Kier molecular flexibility index (Phi) is 6.04. The zero-order chi connectivity index (χ0) is 22.9. The first-order valence-electron chi connectivity index (χ1n) is 10.0. The number of amides is 1. The Balaban J connectivity index is 1.70. The monoisotopic (exact) mass is 495 g/mol. The van der Waals surface area contributed by atoms with Crippen molar-refractivity contribution in [3.8, 4) is 11.5 Å². The summed E-state index contributed by atoms with van der Waals surface area (Å²) in [5, 5.41) is 11.5. The number of carbonyl (C=O) groups is 2. The summed E-state index contributed by atoms with van der Waals surface area (Å²) >= 11 is 3.41. The topological polar surface area (TPSA) is 76.1 Å². The van der Waals surface area contributed by atoms with Gasteiger partial charge in [-0.1, -0.05) is 52.3 Å². The lowest BCUT2D eigenvalue weighted by Gasteiger charge is -2.23. The number of aliphatic hydroxyl groups is 1. The van der Waals surface area contributed by atoms with Gasteiger partial charge in [0.1, 0.15) is 0 Å². The predicted molar refractivity (Wildman–Crippen MR) is 124 cm³/mol. The van der Waals surface area contributed by atoms with Crippen LogP contribution in [0.4, 0.5) is 5.69 Å². The van der Waals surface area contributed by atoms with Gasteiger partial charge in [-0.05, 0) is 35.9 Å². The maximum absolute atomic E-state index is 13.5. The third-order valence-electron chi connectivity index (χ3n) is 5.59. The SMILES string of the molecule is COc1ccc(CN2C(=O)C(O)(CC(=O)c3ccccc3)c3cc(Br)ccc32)cc1OC. The first kappa shape index (κ1) is 22.0. The molecule has 0 radical (unpaired) electrons. The Bertz CT molecular complexity index is 1180. The lowest BCUT2D eigenvalue weighted by molar-refractivity contribution is -0.136. The summed E-state index contributed by atoms with van der Waals surface area (Å²) in [6.45, 7) is 0.204. The smallest absolute Gasteiger partial charge is 0.264 e. The highest BCUT2D eigenvalue weighted by Crippen LogP contribution is 2.45. The molecule has 3 aromatic carbocycles.